The number of aryl methyl sites for hydroxylation is 2. The standard InChI is InChI=1S/C19H18ClN3O2S/c1-11-5-17(23(2)22-11)19(24)21-9-15-7-14-6-13(12-3-4-26-10-12)8-16(20)18(14)25-15/h3-6,8,10,15H,7,9H2,1-2H3,(H,21,24). The normalized spacial score (nSPS) is 15.6. The van der Waals surface area contributed by atoms with Gasteiger partial charge in [0.05, 0.1) is 17.3 Å². The molecule has 26 heavy (non-hydrogen) atoms. The molecule has 2 aromatic heterocycles. The minimum absolute atomic E-state index is 0.126. The third-order valence-corrected chi connectivity index (χ3v) is 5.40. The number of fused-ring (bicyclic) bond motifs is 1. The lowest BCUT2D eigenvalue weighted by atomic mass is 10.0. The summed E-state index contributed by atoms with van der Waals surface area (Å²) in [7, 11) is 1.76. The first-order valence-corrected chi connectivity index (χ1v) is 9.64. The van der Waals surface area contributed by atoms with Crippen molar-refractivity contribution in [2.45, 2.75) is 19.4 Å². The van der Waals surface area contributed by atoms with Gasteiger partial charge in [-0.2, -0.15) is 16.4 Å². The summed E-state index contributed by atoms with van der Waals surface area (Å²) < 4.78 is 7.55. The van der Waals surface area contributed by atoms with Gasteiger partial charge in [-0.25, -0.2) is 0 Å². The van der Waals surface area contributed by atoms with Crippen LogP contribution in [0.25, 0.3) is 11.1 Å². The van der Waals surface area contributed by atoms with Gasteiger partial charge in [-0.05, 0) is 53.1 Å². The minimum atomic E-state index is -0.155. The lowest BCUT2D eigenvalue weighted by Crippen LogP contribution is -2.35. The van der Waals surface area contributed by atoms with Crippen molar-refractivity contribution in [3.8, 4) is 16.9 Å². The number of halogens is 1. The van der Waals surface area contributed by atoms with Crippen molar-refractivity contribution in [1.29, 1.82) is 0 Å². The SMILES string of the molecule is Cc1cc(C(=O)NCC2Cc3cc(-c4ccsc4)cc(Cl)c3O2)n(C)n1. The topological polar surface area (TPSA) is 56.1 Å². The molecule has 7 heteroatoms. The number of thiophene rings is 1. The predicted molar refractivity (Wildman–Crippen MR) is 103 cm³/mol. The summed E-state index contributed by atoms with van der Waals surface area (Å²) in [6, 6.07) is 7.90. The molecule has 3 heterocycles. The maximum absolute atomic E-state index is 12.3. The highest BCUT2D eigenvalue weighted by molar-refractivity contribution is 7.08. The van der Waals surface area contributed by atoms with Gasteiger partial charge in [0.25, 0.3) is 5.91 Å². The molecule has 1 atom stereocenters. The molecule has 0 saturated heterocycles. The Morgan fingerprint density at radius 3 is 2.96 bits per heavy atom. The van der Waals surface area contributed by atoms with Gasteiger partial charge >= 0.3 is 0 Å². The number of carbonyl (C=O) groups is 1. The second kappa shape index (κ2) is 6.78. The van der Waals surface area contributed by atoms with E-state index in [0.29, 0.717) is 17.3 Å². The van der Waals surface area contributed by atoms with E-state index < -0.39 is 0 Å². The van der Waals surface area contributed by atoms with Gasteiger partial charge in [0.1, 0.15) is 17.5 Å². The van der Waals surface area contributed by atoms with E-state index in [2.05, 4.69) is 27.9 Å². The first kappa shape index (κ1) is 17.1. The molecule has 1 aromatic carbocycles. The number of hydrogen-bond donors (Lipinski definition) is 1. The second-order valence-electron chi connectivity index (χ2n) is 6.41. The van der Waals surface area contributed by atoms with Gasteiger partial charge in [-0.1, -0.05) is 11.6 Å². The van der Waals surface area contributed by atoms with Gasteiger partial charge in [-0.3, -0.25) is 9.48 Å². The predicted octanol–water partition coefficient (Wildman–Crippen LogP) is 3.84. The van der Waals surface area contributed by atoms with Crippen molar-refractivity contribution in [3.63, 3.8) is 0 Å². The quantitative estimate of drug-likeness (QED) is 0.739. The van der Waals surface area contributed by atoms with Crippen molar-refractivity contribution in [2.24, 2.45) is 7.05 Å². The van der Waals surface area contributed by atoms with Crippen molar-refractivity contribution in [3.05, 3.63) is 57.0 Å². The summed E-state index contributed by atoms with van der Waals surface area (Å²) >= 11 is 8.08. The Labute approximate surface area is 160 Å². The van der Waals surface area contributed by atoms with E-state index in [9.17, 15) is 4.79 Å². The number of benzene rings is 1. The number of aromatic nitrogens is 2. The summed E-state index contributed by atoms with van der Waals surface area (Å²) in [5.41, 5.74) is 4.68. The molecule has 1 N–H and O–H groups in total. The Morgan fingerprint density at radius 1 is 1.42 bits per heavy atom. The third kappa shape index (κ3) is 3.22. The van der Waals surface area contributed by atoms with Crippen molar-refractivity contribution in [2.75, 3.05) is 6.54 Å². The van der Waals surface area contributed by atoms with E-state index in [1.165, 1.54) is 0 Å². The van der Waals surface area contributed by atoms with Crippen LogP contribution in [0.3, 0.4) is 0 Å². The maximum atomic E-state index is 12.3. The fraction of sp³-hybridized carbons (Fsp3) is 0.263. The first-order chi connectivity index (χ1) is 12.5. The molecule has 5 nitrogen and oxygen atoms in total. The Kier molecular flexibility index (Phi) is 4.46. The lowest BCUT2D eigenvalue weighted by Gasteiger charge is -2.12. The van der Waals surface area contributed by atoms with E-state index >= 15 is 0 Å². The molecule has 4 rings (SSSR count). The molecule has 134 valence electrons. The largest absolute Gasteiger partial charge is 0.486 e. The number of amides is 1. The number of nitrogens with zero attached hydrogens (tertiary/aromatic N) is 2. The summed E-state index contributed by atoms with van der Waals surface area (Å²) in [5.74, 6) is 0.569. The molecular formula is C19H18ClN3O2S. The molecule has 0 radical (unpaired) electrons. The molecule has 0 spiro atoms. The molecule has 1 aliphatic rings. The van der Waals surface area contributed by atoms with Gasteiger partial charge in [-0.15, -0.1) is 0 Å². The van der Waals surface area contributed by atoms with Crippen LogP contribution in [0.4, 0.5) is 0 Å². The monoisotopic (exact) mass is 387 g/mol. The van der Waals surface area contributed by atoms with Crippen LogP contribution in [-0.4, -0.2) is 28.3 Å². The Bertz CT molecular complexity index is 966. The van der Waals surface area contributed by atoms with Crippen LogP contribution >= 0.6 is 22.9 Å². The first-order valence-electron chi connectivity index (χ1n) is 8.32. The average molecular weight is 388 g/mol. The molecule has 0 bridgehead atoms. The number of carbonyl (C=O) groups excluding carboxylic acids is 1. The zero-order chi connectivity index (χ0) is 18.3. The fourth-order valence-corrected chi connectivity index (χ4v) is 4.17. The Hall–Kier alpha value is -2.31. The third-order valence-electron chi connectivity index (χ3n) is 4.43. The molecule has 0 aliphatic carbocycles. The van der Waals surface area contributed by atoms with Crippen molar-refractivity contribution in [1.82, 2.24) is 15.1 Å². The maximum Gasteiger partial charge on any atom is 0.269 e. The number of hydrogen-bond acceptors (Lipinski definition) is 4. The molecule has 0 fully saturated rings. The zero-order valence-corrected chi connectivity index (χ0v) is 16.0. The van der Waals surface area contributed by atoms with Crippen LogP contribution in [0.2, 0.25) is 5.02 Å². The van der Waals surface area contributed by atoms with Crippen LogP contribution in [0.1, 0.15) is 21.7 Å². The van der Waals surface area contributed by atoms with Gasteiger partial charge in [0.15, 0.2) is 0 Å². The zero-order valence-electron chi connectivity index (χ0n) is 14.5. The lowest BCUT2D eigenvalue weighted by molar-refractivity contribution is 0.0924. The van der Waals surface area contributed by atoms with Crippen LogP contribution < -0.4 is 10.1 Å². The van der Waals surface area contributed by atoms with E-state index in [4.69, 9.17) is 16.3 Å². The molecule has 1 aliphatic heterocycles. The van der Waals surface area contributed by atoms with E-state index in [-0.39, 0.29) is 12.0 Å². The van der Waals surface area contributed by atoms with Crippen LogP contribution in [0.15, 0.2) is 35.0 Å². The highest BCUT2D eigenvalue weighted by atomic mass is 35.5. The summed E-state index contributed by atoms with van der Waals surface area (Å²) in [6.45, 7) is 2.28. The molecule has 3 aromatic rings. The van der Waals surface area contributed by atoms with Crippen LogP contribution in [-0.2, 0) is 13.5 Å². The van der Waals surface area contributed by atoms with Crippen molar-refractivity contribution < 1.29 is 9.53 Å². The summed E-state index contributed by atoms with van der Waals surface area (Å²) in [4.78, 5) is 12.3. The summed E-state index contributed by atoms with van der Waals surface area (Å²) in [6.07, 6.45) is 0.594. The highest BCUT2D eigenvalue weighted by Crippen LogP contribution is 2.39. The Morgan fingerprint density at radius 2 is 2.27 bits per heavy atom. The van der Waals surface area contributed by atoms with Crippen LogP contribution in [0, 0.1) is 6.92 Å². The molecule has 0 saturated carbocycles. The molecule has 1 amide bonds. The molecular weight excluding hydrogens is 370 g/mol. The molecule has 1 unspecified atom stereocenters. The number of rotatable bonds is 4. The smallest absolute Gasteiger partial charge is 0.269 e. The summed E-state index contributed by atoms with van der Waals surface area (Å²) in [5, 5.41) is 11.9. The average Bonchev–Trinajstić information content (AvgIpc) is 3.32. The minimum Gasteiger partial charge on any atom is -0.486 e. The van der Waals surface area contributed by atoms with Gasteiger partial charge in [0.2, 0.25) is 0 Å². The number of ether oxygens (including phenoxy) is 1. The fourth-order valence-electron chi connectivity index (χ4n) is 3.22. The highest BCUT2D eigenvalue weighted by Gasteiger charge is 2.27. The number of nitrogens with one attached hydrogen (secondary N) is 1. The van der Waals surface area contributed by atoms with E-state index in [1.54, 1.807) is 29.1 Å². The second-order valence-corrected chi connectivity index (χ2v) is 7.59. The van der Waals surface area contributed by atoms with Gasteiger partial charge in [0, 0.05) is 19.0 Å². The van der Waals surface area contributed by atoms with E-state index in [0.717, 1.165) is 34.6 Å². The van der Waals surface area contributed by atoms with Gasteiger partial charge < -0.3 is 10.1 Å². The van der Waals surface area contributed by atoms with Crippen LogP contribution in [0.5, 0.6) is 5.75 Å². The van der Waals surface area contributed by atoms with Crippen molar-refractivity contribution >= 4 is 28.8 Å². The van der Waals surface area contributed by atoms with E-state index in [1.807, 2.05) is 18.4 Å². The Balaban J connectivity index is 1.45.